The molecule has 2 aromatic rings. The van der Waals surface area contributed by atoms with Crippen LogP contribution in [0.2, 0.25) is 0 Å². The first-order chi connectivity index (χ1) is 24.7. The topological polar surface area (TPSA) is 59.1 Å². The largest absolute Gasteiger partial charge is 0.474 e. The maximum atomic E-state index is 15.6. The number of allylic oxidation sites excluding steroid dienone is 4. The highest BCUT2D eigenvalue weighted by atomic mass is 16.5. The average Bonchev–Trinajstić information content (AvgIpc) is 3.58. The molecule has 3 heterocycles. The lowest BCUT2D eigenvalue weighted by atomic mass is 9.71. The Labute approximate surface area is 324 Å². The predicted molar refractivity (Wildman–Crippen MR) is 219 cm³/mol. The number of nitrogens with zero attached hydrogens (tertiary/aromatic N) is 2. The molecular formula is C48H62N2O4. The second-order valence-electron chi connectivity index (χ2n) is 21.2. The summed E-state index contributed by atoms with van der Waals surface area (Å²) in [5.41, 5.74) is 6.21. The standard InChI is InChI=1S/C48H62N2O4/c1-43(2,3)29-17-27-23-47-25-32(46(10,11)12)22-36(42(47)52)38(50(15)16)34-20-30(44(4,5)6)18-28-24-48(54-40(28)34)26-31(45(7,8)9)21-35(41(48)51)37(49(13)14)33(19-29)39(27)53-47/h17-22,25-26,37-38H,23-24H2,1-16H3/t37-,38+,47-,48?/m0/s1. The van der Waals surface area contributed by atoms with Crippen LogP contribution < -0.4 is 9.47 Å². The van der Waals surface area contributed by atoms with Gasteiger partial charge in [0.15, 0.2) is 11.2 Å². The molecule has 2 aliphatic carbocycles. The molecule has 54 heavy (non-hydrogen) atoms. The third-order valence-corrected chi connectivity index (χ3v) is 12.2. The van der Waals surface area contributed by atoms with Crippen LogP contribution in [0.3, 0.4) is 0 Å². The SMILES string of the molecule is CN(C)[C@@H]1C2=CC(C(C)(C)C)=CC3(Cc4cc(C(C)(C)C)cc(c4O3)[C@@H](N(C)C)C3=CC(C(C)(C)C)=C[C@@]4(Cc5cc(C(C)(C)C)cc1c5O4)C3=O)C2=O. The minimum absolute atomic E-state index is 0.0276. The van der Waals surface area contributed by atoms with Gasteiger partial charge < -0.3 is 9.47 Å². The predicted octanol–water partition coefficient (Wildman–Crippen LogP) is 9.51. The first-order valence-electron chi connectivity index (χ1n) is 19.7. The number of likely N-dealkylation sites (N-methyl/N-ethyl adjacent to an activating group) is 2. The molecule has 6 nitrogen and oxygen atoms in total. The molecule has 6 heteroatoms. The van der Waals surface area contributed by atoms with Gasteiger partial charge in [0, 0.05) is 35.1 Å². The summed E-state index contributed by atoms with van der Waals surface area (Å²) >= 11 is 0. The van der Waals surface area contributed by atoms with E-state index in [2.05, 4.69) is 141 Å². The van der Waals surface area contributed by atoms with Crippen LogP contribution in [0.5, 0.6) is 11.5 Å². The van der Waals surface area contributed by atoms with Gasteiger partial charge in [-0.3, -0.25) is 19.4 Å². The van der Waals surface area contributed by atoms with Crippen molar-refractivity contribution < 1.29 is 19.1 Å². The van der Waals surface area contributed by atoms with E-state index >= 15 is 9.59 Å². The van der Waals surface area contributed by atoms with Crippen molar-refractivity contribution in [2.75, 3.05) is 28.2 Å². The molecule has 0 amide bonds. The van der Waals surface area contributed by atoms with Gasteiger partial charge in [-0.15, -0.1) is 0 Å². The average molecular weight is 731 g/mol. The van der Waals surface area contributed by atoms with E-state index in [1.807, 2.05) is 28.2 Å². The summed E-state index contributed by atoms with van der Waals surface area (Å²) in [6.45, 7) is 26.5. The zero-order valence-electron chi connectivity index (χ0n) is 35.7. The van der Waals surface area contributed by atoms with Gasteiger partial charge in [0.25, 0.3) is 0 Å². The van der Waals surface area contributed by atoms with Crippen molar-refractivity contribution in [1.29, 1.82) is 0 Å². The highest BCUT2D eigenvalue weighted by molar-refractivity contribution is 6.09. The van der Waals surface area contributed by atoms with E-state index in [9.17, 15) is 0 Å². The molecule has 5 aliphatic rings. The molecule has 4 atom stereocenters. The molecule has 6 bridgehead atoms. The molecule has 0 saturated heterocycles. The molecule has 3 aliphatic heterocycles. The van der Waals surface area contributed by atoms with Gasteiger partial charge in [-0.2, -0.15) is 0 Å². The number of fused-ring (bicyclic) bond motifs is 2. The fourth-order valence-electron chi connectivity index (χ4n) is 9.02. The normalized spacial score (nSPS) is 26.6. The monoisotopic (exact) mass is 730 g/mol. The number of ether oxygens (including phenoxy) is 2. The van der Waals surface area contributed by atoms with E-state index in [-0.39, 0.29) is 33.2 Å². The van der Waals surface area contributed by atoms with Crippen LogP contribution in [-0.4, -0.2) is 60.8 Å². The Balaban J connectivity index is 1.64. The Morgan fingerprint density at radius 1 is 0.537 bits per heavy atom. The number of hydrogen-bond donors (Lipinski definition) is 0. The third kappa shape index (κ3) is 5.98. The van der Waals surface area contributed by atoms with Crippen LogP contribution in [0.1, 0.15) is 129 Å². The summed E-state index contributed by atoms with van der Waals surface area (Å²) in [4.78, 5) is 35.4. The molecule has 1 unspecified atom stereocenters. The number of ketones is 2. The highest BCUT2D eigenvalue weighted by Crippen LogP contribution is 2.55. The van der Waals surface area contributed by atoms with Gasteiger partial charge in [0.1, 0.15) is 11.5 Å². The molecule has 0 saturated carbocycles. The van der Waals surface area contributed by atoms with Crippen LogP contribution in [0, 0.1) is 10.8 Å². The van der Waals surface area contributed by atoms with Crippen LogP contribution in [0.25, 0.3) is 0 Å². The van der Waals surface area contributed by atoms with Crippen molar-refractivity contribution in [3.63, 3.8) is 0 Å². The molecule has 7 rings (SSSR count). The van der Waals surface area contributed by atoms with E-state index in [4.69, 9.17) is 9.47 Å². The quantitative estimate of drug-likeness (QED) is 0.307. The fraction of sp³-hybridized carbons (Fsp3) is 0.542. The smallest absolute Gasteiger partial charge is 0.208 e. The van der Waals surface area contributed by atoms with E-state index in [0.717, 1.165) is 44.5 Å². The maximum Gasteiger partial charge on any atom is 0.208 e. The Morgan fingerprint density at radius 2 is 0.870 bits per heavy atom. The summed E-state index contributed by atoms with van der Waals surface area (Å²) in [7, 11) is 8.14. The minimum atomic E-state index is -1.24. The van der Waals surface area contributed by atoms with Gasteiger partial charge in [-0.05, 0) is 120 Å². The molecule has 2 aromatic carbocycles. The summed E-state index contributed by atoms with van der Waals surface area (Å²) in [5, 5.41) is 0. The number of hydrogen-bond acceptors (Lipinski definition) is 6. The number of benzene rings is 2. The van der Waals surface area contributed by atoms with Crippen molar-refractivity contribution in [2.45, 2.75) is 130 Å². The van der Waals surface area contributed by atoms with Gasteiger partial charge >= 0.3 is 0 Å². The molecule has 288 valence electrons. The van der Waals surface area contributed by atoms with Crippen LogP contribution in [0.15, 0.2) is 70.9 Å². The molecular weight excluding hydrogens is 669 g/mol. The Kier molecular flexibility index (Phi) is 8.48. The fourth-order valence-corrected chi connectivity index (χ4v) is 9.02. The summed E-state index contributed by atoms with van der Waals surface area (Å²) in [6, 6.07) is 8.01. The highest BCUT2D eigenvalue weighted by Gasteiger charge is 2.56. The summed E-state index contributed by atoms with van der Waals surface area (Å²) < 4.78 is 14.6. The second kappa shape index (κ2) is 11.9. The van der Waals surface area contributed by atoms with Gasteiger partial charge in [-0.1, -0.05) is 95.2 Å². The van der Waals surface area contributed by atoms with E-state index in [1.165, 1.54) is 0 Å². The number of carbonyl (C=O) groups is 2. The van der Waals surface area contributed by atoms with Crippen molar-refractivity contribution in [3.8, 4) is 11.5 Å². The van der Waals surface area contributed by atoms with Crippen molar-refractivity contribution in [1.82, 2.24) is 9.80 Å². The van der Waals surface area contributed by atoms with E-state index in [1.54, 1.807) is 0 Å². The van der Waals surface area contributed by atoms with Crippen molar-refractivity contribution in [2.24, 2.45) is 10.8 Å². The summed E-state index contributed by atoms with van der Waals surface area (Å²) in [6.07, 6.45) is 9.26. The summed E-state index contributed by atoms with van der Waals surface area (Å²) in [5.74, 6) is 1.36. The lowest BCUT2D eigenvalue weighted by molar-refractivity contribution is -0.128. The van der Waals surface area contributed by atoms with Crippen molar-refractivity contribution in [3.05, 3.63) is 104 Å². The number of carbonyl (C=O) groups excluding carboxylic acids is 2. The zero-order chi connectivity index (χ0) is 39.9. The van der Waals surface area contributed by atoms with Crippen LogP contribution >= 0.6 is 0 Å². The Morgan fingerprint density at radius 3 is 1.15 bits per heavy atom. The van der Waals surface area contributed by atoms with Gasteiger partial charge in [-0.25, -0.2) is 0 Å². The molecule has 0 N–H and O–H groups in total. The second-order valence-corrected chi connectivity index (χ2v) is 21.2. The number of Topliss-reactive ketones (excluding diaryl/α,β-unsaturated/α-hetero) is 2. The maximum absolute atomic E-state index is 15.6. The van der Waals surface area contributed by atoms with Crippen molar-refractivity contribution >= 4 is 11.6 Å². The minimum Gasteiger partial charge on any atom is -0.474 e. The lowest BCUT2D eigenvalue weighted by Crippen LogP contribution is -2.48. The molecule has 2 spiro atoms. The van der Waals surface area contributed by atoms with E-state index in [0.29, 0.717) is 35.5 Å². The van der Waals surface area contributed by atoms with Gasteiger partial charge in [0.05, 0.1) is 12.1 Å². The molecule has 0 aromatic heterocycles. The first kappa shape index (κ1) is 38.5. The third-order valence-electron chi connectivity index (χ3n) is 12.2. The lowest BCUT2D eigenvalue weighted by Gasteiger charge is -2.40. The number of rotatable bonds is 2. The van der Waals surface area contributed by atoms with Gasteiger partial charge in [0.2, 0.25) is 11.6 Å². The molecule has 0 radical (unpaired) electrons. The zero-order valence-corrected chi connectivity index (χ0v) is 35.7. The first-order valence-corrected chi connectivity index (χ1v) is 19.7. The van der Waals surface area contributed by atoms with Crippen LogP contribution in [0.4, 0.5) is 0 Å². The van der Waals surface area contributed by atoms with Crippen LogP contribution in [-0.2, 0) is 33.3 Å². The Bertz CT molecular complexity index is 1960. The Hall–Kier alpha value is -3.74. The molecule has 0 fully saturated rings. The van der Waals surface area contributed by atoms with E-state index < -0.39 is 23.3 Å².